The fourth-order valence-electron chi connectivity index (χ4n) is 6.26. The zero-order valence-electron chi connectivity index (χ0n) is 23.7. The largest absolute Gasteiger partial charge is 0.508 e. The number of rotatable bonds is 4. The van der Waals surface area contributed by atoms with Crippen LogP contribution in [0.1, 0.15) is 57.2 Å². The fourth-order valence-corrected chi connectivity index (χ4v) is 6.26. The molecular formula is C33H42N4O. The van der Waals surface area contributed by atoms with E-state index in [0.29, 0.717) is 11.5 Å². The van der Waals surface area contributed by atoms with Gasteiger partial charge in [-0.2, -0.15) is 0 Å². The van der Waals surface area contributed by atoms with Gasteiger partial charge in [0.15, 0.2) is 6.29 Å². The highest BCUT2D eigenvalue weighted by atomic mass is 16.3. The maximum absolute atomic E-state index is 10.2. The normalized spacial score (nSPS) is 24.3. The molecule has 0 aliphatic carbocycles. The Morgan fingerprint density at radius 2 is 1.82 bits per heavy atom. The van der Waals surface area contributed by atoms with Gasteiger partial charge in [-0.1, -0.05) is 64.3 Å². The Bertz CT molecular complexity index is 1300. The van der Waals surface area contributed by atoms with Crippen molar-refractivity contribution in [2.24, 2.45) is 16.3 Å². The summed E-state index contributed by atoms with van der Waals surface area (Å²) in [4.78, 5) is 12.0. The molecule has 1 aromatic rings. The molecule has 4 aliphatic rings. The first-order valence-corrected chi connectivity index (χ1v) is 13.7. The Morgan fingerprint density at radius 1 is 1.11 bits per heavy atom. The van der Waals surface area contributed by atoms with E-state index in [0.717, 1.165) is 49.2 Å². The van der Waals surface area contributed by atoms with Crippen LogP contribution >= 0.6 is 0 Å². The van der Waals surface area contributed by atoms with Crippen LogP contribution in [0.5, 0.6) is 0 Å². The number of piperidine rings is 1. The number of benzene rings is 1. The predicted molar refractivity (Wildman–Crippen MR) is 159 cm³/mol. The van der Waals surface area contributed by atoms with Crippen LogP contribution in [-0.4, -0.2) is 58.5 Å². The smallest absolute Gasteiger partial charge is 0.178 e. The minimum absolute atomic E-state index is 0.0282. The van der Waals surface area contributed by atoms with Crippen molar-refractivity contribution in [1.29, 1.82) is 0 Å². The van der Waals surface area contributed by atoms with Gasteiger partial charge < -0.3 is 14.9 Å². The second kappa shape index (κ2) is 9.77. The average molecular weight is 511 g/mol. The minimum atomic E-state index is 0.0282. The molecule has 4 aliphatic heterocycles. The molecule has 5 rings (SSSR count). The molecule has 0 amide bonds. The van der Waals surface area contributed by atoms with Gasteiger partial charge in [0.1, 0.15) is 5.76 Å². The van der Waals surface area contributed by atoms with Gasteiger partial charge in [0, 0.05) is 67.2 Å². The van der Waals surface area contributed by atoms with Crippen molar-refractivity contribution in [1.82, 2.24) is 14.7 Å². The van der Waals surface area contributed by atoms with Gasteiger partial charge in [-0.05, 0) is 60.3 Å². The first kappa shape index (κ1) is 26.3. The molecule has 5 nitrogen and oxygen atoms in total. The molecular weight excluding hydrogens is 468 g/mol. The van der Waals surface area contributed by atoms with Crippen LogP contribution in [-0.2, 0) is 6.42 Å². The van der Waals surface area contributed by atoms with Crippen molar-refractivity contribution < 1.29 is 5.11 Å². The molecule has 200 valence electrons. The Hall–Kier alpha value is -3.31. The van der Waals surface area contributed by atoms with Crippen molar-refractivity contribution in [3.63, 3.8) is 0 Å². The van der Waals surface area contributed by atoms with Gasteiger partial charge in [0.05, 0.1) is 0 Å². The number of aliphatic hydroxyl groups is 1. The van der Waals surface area contributed by atoms with Crippen LogP contribution < -0.4 is 0 Å². The summed E-state index contributed by atoms with van der Waals surface area (Å²) in [7, 11) is 2.13. The Kier molecular flexibility index (Phi) is 6.77. The van der Waals surface area contributed by atoms with Gasteiger partial charge in [0.2, 0.25) is 0 Å². The first-order chi connectivity index (χ1) is 17.9. The van der Waals surface area contributed by atoms with Crippen molar-refractivity contribution in [2.45, 2.75) is 59.3 Å². The first-order valence-electron chi connectivity index (χ1n) is 13.7. The molecule has 0 radical (unpaired) electrons. The van der Waals surface area contributed by atoms with Gasteiger partial charge in [-0.3, -0.25) is 9.89 Å². The quantitative estimate of drug-likeness (QED) is 0.359. The average Bonchev–Trinajstić information content (AvgIpc) is 2.86. The Labute approximate surface area is 228 Å². The van der Waals surface area contributed by atoms with Crippen LogP contribution in [0.3, 0.4) is 0 Å². The summed E-state index contributed by atoms with van der Waals surface area (Å²) < 4.78 is 0. The van der Waals surface area contributed by atoms with Gasteiger partial charge in [-0.25, -0.2) is 0 Å². The number of likely N-dealkylation sites (tertiary alicyclic amines) is 1. The third-order valence-corrected chi connectivity index (χ3v) is 8.58. The van der Waals surface area contributed by atoms with Gasteiger partial charge in [0.25, 0.3) is 0 Å². The van der Waals surface area contributed by atoms with E-state index in [1.165, 1.54) is 22.3 Å². The highest BCUT2D eigenvalue weighted by molar-refractivity contribution is 6.10. The van der Waals surface area contributed by atoms with Crippen LogP contribution in [0.25, 0.3) is 11.3 Å². The fraction of sp³-hybridized carbons (Fsp3) is 0.424. The molecule has 4 heterocycles. The number of hydrogen-bond acceptors (Lipinski definition) is 5. The summed E-state index contributed by atoms with van der Waals surface area (Å²) in [6, 6.07) is 7.00. The molecule has 0 saturated carbocycles. The lowest BCUT2D eigenvalue weighted by atomic mass is 9.76. The summed E-state index contributed by atoms with van der Waals surface area (Å²) in [5.74, 6) is 0.699. The third-order valence-electron chi connectivity index (χ3n) is 8.58. The molecule has 1 fully saturated rings. The number of aliphatic hydroxyl groups excluding tert-OH is 1. The predicted octanol–water partition coefficient (Wildman–Crippen LogP) is 6.75. The summed E-state index contributed by atoms with van der Waals surface area (Å²) in [5, 5.41) is 10.2. The summed E-state index contributed by atoms with van der Waals surface area (Å²) in [6.45, 7) is 23.2. The van der Waals surface area contributed by atoms with Crippen molar-refractivity contribution in [3.05, 3.63) is 95.6 Å². The maximum atomic E-state index is 10.2. The number of hydrogen-bond donors (Lipinski definition) is 1. The molecule has 1 N–H and O–H groups in total. The van der Waals surface area contributed by atoms with E-state index in [4.69, 9.17) is 4.99 Å². The standard InChI is InChI=1S/C33H42N4O/c1-21(2)24-11-13-36(14-12-24)32-34-18-27(19-35(32)8)25-9-10-28-26(16-25)17-31(33(5,6)7)37-20-29(23(4)38)22(3)15-30(28)37/h9-10,15-16,18-20,24,31-32,38H,1,3-4,11-14,17H2,2,5-8H3. The molecule has 0 spiro atoms. The molecule has 0 aromatic heterocycles. The molecule has 0 bridgehead atoms. The van der Waals surface area contributed by atoms with Crippen LogP contribution in [0.15, 0.2) is 83.9 Å². The lowest BCUT2D eigenvalue weighted by Crippen LogP contribution is -2.48. The van der Waals surface area contributed by atoms with E-state index in [9.17, 15) is 5.11 Å². The SMILES string of the molecule is C=C(O)C1=CN2C(=CC1=C)c1ccc(C3=CN(C)C(N4CCC(C(=C)C)CC4)N=C3)cc1CC2C(C)(C)C. The monoisotopic (exact) mass is 510 g/mol. The van der Waals surface area contributed by atoms with Crippen molar-refractivity contribution in [2.75, 3.05) is 20.1 Å². The number of fused-ring (bicyclic) bond motifs is 3. The second-order valence-electron chi connectivity index (χ2n) is 12.4. The summed E-state index contributed by atoms with van der Waals surface area (Å²) >= 11 is 0. The van der Waals surface area contributed by atoms with Gasteiger partial charge >= 0.3 is 0 Å². The van der Waals surface area contributed by atoms with Crippen LogP contribution in [0.4, 0.5) is 0 Å². The highest BCUT2D eigenvalue weighted by Gasteiger charge is 2.38. The highest BCUT2D eigenvalue weighted by Crippen LogP contribution is 2.44. The van der Waals surface area contributed by atoms with E-state index in [2.05, 4.69) is 106 Å². The number of allylic oxidation sites excluding steroid dienone is 4. The molecule has 1 aromatic carbocycles. The lowest BCUT2D eigenvalue weighted by Gasteiger charge is -2.47. The minimum Gasteiger partial charge on any atom is -0.508 e. The second-order valence-corrected chi connectivity index (χ2v) is 12.4. The zero-order chi connectivity index (χ0) is 27.4. The number of nitrogens with zero attached hydrogens (tertiary/aromatic N) is 4. The molecule has 2 atom stereocenters. The van der Waals surface area contributed by atoms with E-state index in [1.54, 1.807) is 0 Å². The van der Waals surface area contributed by atoms with E-state index in [-0.39, 0.29) is 23.5 Å². The topological polar surface area (TPSA) is 42.3 Å². The molecule has 38 heavy (non-hydrogen) atoms. The molecule has 2 unspecified atom stereocenters. The van der Waals surface area contributed by atoms with Crippen LogP contribution in [0, 0.1) is 11.3 Å². The van der Waals surface area contributed by atoms with Crippen LogP contribution in [0.2, 0.25) is 0 Å². The zero-order valence-corrected chi connectivity index (χ0v) is 23.7. The third kappa shape index (κ3) is 4.80. The van der Waals surface area contributed by atoms with E-state index < -0.39 is 0 Å². The number of aliphatic imine (C=N–C) groups is 1. The molecule has 1 saturated heterocycles. The summed E-state index contributed by atoms with van der Waals surface area (Å²) in [5.41, 5.74) is 8.83. The Morgan fingerprint density at radius 3 is 2.42 bits per heavy atom. The van der Waals surface area contributed by atoms with Crippen molar-refractivity contribution >= 4 is 17.5 Å². The van der Waals surface area contributed by atoms with Gasteiger partial charge in [-0.15, -0.1) is 0 Å². The summed E-state index contributed by atoms with van der Waals surface area (Å²) in [6.07, 6.45) is 11.7. The van der Waals surface area contributed by atoms with Crippen molar-refractivity contribution in [3.8, 4) is 0 Å². The maximum Gasteiger partial charge on any atom is 0.178 e. The van der Waals surface area contributed by atoms with E-state index in [1.807, 2.05) is 6.20 Å². The molecule has 5 heteroatoms. The van der Waals surface area contributed by atoms with E-state index >= 15 is 0 Å². The Balaban J connectivity index is 1.41. The lowest BCUT2D eigenvalue weighted by molar-refractivity contribution is 0.0687.